The Morgan fingerprint density at radius 2 is 1.77 bits per heavy atom. The van der Waals surface area contributed by atoms with E-state index in [1.807, 2.05) is 18.7 Å². The minimum absolute atomic E-state index is 0.0639. The van der Waals surface area contributed by atoms with Crippen molar-refractivity contribution in [1.29, 1.82) is 0 Å². The van der Waals surface area contributed by atoms with E-state index in [1.165, 1.54) is 6.92 Å². The molecule has 11 nitrogen and oxygen atoms in total. The molecule has 30 heavy (non-hydrogen) atoms. The van der Waals surface area contributed by atoms with Gasteiger partial charge in [0.2, 0.25) is 5.91 Å². The molecular formula is C18H19BrN6O5. The molecule has 0 aliphatic carbocycles. The molecule has 12 heteroatoms. The number of rotatable bonds is 8. The topological polar surface area (TPSA) is 143 Å². The number of halogens is 1. The molecule has 0 radical (unpaired) electrons. The van der Waals surface area contributed by atoms with Crippen LogP contribution in [0.4, 0.5) is 34.1 Å². The molecule has 0 spiro atoms. The minimum atomic E-state index is -0.766. The summed E-state index contributed by atoms with van der Waals surface area (Å²) in [6.45, 7) is 6.81. The third kappa shape index (κ3) is 5.35. The van der Waals surface area contributed by atoms with Crippen LogP contribution < -0.4 is 10.2 Å². The lowest BCUT2D eigenvalue weighted by atomic mass is 10.2. The number of nitro benzene ring substituents is 2. The molecule has 0 fully saturated rings. The van der Waals surface area contributed by atoms with Gasteiger partial charge in [0.15, 0.2) is 5.69 Å². The van der Waals surface area contributed by atoms with Crippen molar-refractivity contribution in [2.24, 2.45) is 10.2 Å². The molecule has 0 unspecified atom stereocenters. The number of nitrogens with zero attached hydrogens (tertiary/aromatic N) is 5. The van der Waals surface area contributed by atoms with Gasteiger partial charge in [-0.3, -0.25) is 25.0 Å². The fraction of sp³-hybridized carbons (Fsp3) is 0.278. The maximum atomic E-state index is 11.6. The van der Waals surface area contributed by atoms with E-state index in [0.717, 1.165) is 30.9 Å². The van der Waals surface area contributed by atoms with Gasteiger partial charge in [0.1, 0.15) is 0 Å². The average Bonchev–Trinajstić information content (AvgIpc) is 2.68. The molecule has 2 aromatic rings. The summed E-state index contributed by atoms with van der Waals surface area (Å²) >= 11 is 3.08. The van der Waals surface area contributed by atoms with Crippen molar-refractivity contribution in [2.75, 3.05) is 23.3 Å². The molecule has 1 N–H and O–H groups in total. The molecule has 0 saturated carbocycles. The number of benzene rings is 2. The van der Waals surface area contributed by atoms with Crippen molar-refractivity contribution < 1.29 is 14.6 Å². The zero-order valence-corrected chi connectivity index (χ0v) is 18.0. The lowest BCUT2D eigenvalue weighted by Crippen LogP contribution is -2.23. The molecule has 0 atom stereocenters. The van der Waals surface area contributed by atoms with Gasteiger partial charge in [-0.2, -0.15) is 5.11 Å². The molecule has 158 valence electrons. The number of carbonyl (C=O) groups is 1. The summed E-state index contributed by atoms with van der Waals surface area (Å²) in [6, 6.07) is 6.97. The van der Waals surface area contributed by atoms with Gasteiger partial charge in [-0.05, 0) is 48.0 Å². The van der Waals surface area contributed by atoms with E-state index in [0.29, 0.717) is 11.4 Å². The average molecular weight is 479 g/mol. The lowest BCUT2D eigenvalue weighted by Gasteiger charge is -2.24. The predicted molar refractivity (Wildman–Crippen MR) is 116 cm³/mol. The zero-order valence-electron chi connectivity index (χ0n) is 16.5. The lowest BCUT2D eigenvalue weighted by molar-refractivity contribution is -0.393. The maximum absolute atomic E-state index is 11.6. The van der Waals surface area contributed by atoms with Gasteiger partial charge in [0, 0.05) is 26.1 Å². The van der Waals surface area contributed by atoms with Crippen LogP contribution in [0.2, 0.25) is 0 Å². The third-order valence-corrected chi connectivity index (χ3v) is 4.70. The third-order valence-electron chi connectivity index (χ3n) is 4.10. The van der Waals surface area contributed by atoms with Gasteiger partial charge in [-0.25, -0.2) is 0 Å². The summed E-state index contributed by atoms with van der Waals surface area (Å²) < 4.78 is 0.0639. The van der Waals surface area contributed by atoms with Crippen LogP contribution in [0, 0.1) is 20.2 Å². The summed E-state index contributed by atoms with van der Waals surface area (Å²) in [5.41, 5.74) is 0.524. The number of nitrogens with one attached hydrogen (secondary N) is 1. The molecule has 1 amide bonds. The van der Waals surface area contributed by atoms with E-state index in [1.54, 1.807) is 18.2 Å². The number of hydrogen-bond donors (Lipinski definition) is 1. The highest BCUT2D eigenvalue weighted by molar-refractivity contribution is 9.10. The van der Waals surface area contributed by atoms with E-state index in [2.05, 4.69) is 31.5 Å². The van der Waals surface area contributed by atoms with Crippen molar-refractivity contribution >= 4 is 56.0 Å². The Hall–Kier alpha value is -3.41. The van der Waals surface area contributed by atoms with Crippen LogP contribution in [0.15, 0.2) is 45.0 Å². The SMILES string of the molecule is CCN(CC)c1ccc(N=Nc2c(Br)cc([N+](=O)[O-])cc2[N+](=O)[O-])cc1NC(C)=O. The van der Waals surface area contributed by atoms with E-state index in [-0.39, 0.29) is 16.1 Å². The summed E-state index contributed by atoms with van der Waals surface area (Å²) in [4.78, 5) is 34.4. The Bertz CT molecular complexity index is 1020. The molecular weight excluding hydrogens is 460 g/mol. The van der Waals surface area contributed by atoms with Crippen molar-refractivity contribution in [1.82, 2.24) is 0 Å². The van der Waals surface area contributed by atoms with E-state index >= 15 is 0 Å². The van der Waals surface area contributed by atoms with Crippen LogP contribution in [-0.2, 0) is 4.79 Å². The van der Waals surface area contributed by atoms with Crippen molar-refractivity contribution in [3.63, 3.8) is 0 Å². The van der Waals surface area contributed by atoms with Gasteiger partial charge in [0.25, 0.3) is 5.69 Å². The van der Waals surface area contributed by atoms with Crippen molar-refractivity contribution in [3.8, 4) is 0 Å². The Morgan fingerprint density at radius 3 is 2.30 bits per heavy atom. The van der Waals surface area contributed by atoms with Crippen LogP contribution in [0.3, 0.4) is 0 Å². The zero-order chi connectivity index (χ0) is 22.4. The number of amides is 1. The Labute approximate surface area is 180 Å². The first-order chi connectivity index (χ1) is 14.2. The number of azo groups is 1. The largest absolute Gasteiger partial charge is 0.370 e. The molecule has 2 rings (SSSR count). The molecule has 0 aromatic heterocycles. The van der Waals surface area contributed by atoms with Gasteiger partial charge >= 0.3 is 5.69 Å². The van der Waals surface area contributed by atoms with Crippen LogP contribution in [0.25, 0.3) is 0 Å². The Morgan fingerprint density at radius 1 is 1.10 bits per heavy atom. The highest BCUT2D eigenvalue weighted by Crippen LogP contribution is 2.40. The fourth-order valence-corrected chi connectivity index (χ4v) is 3.25. The van der Waals surface area contributed by atoms with E-state index in [9.17, 15) is 25.0 Å². The number of hydrogen-bond acceptors (Lipinski definition) is 8. The number of non-ortho nitro benzene ring substituents is 1. The highest BCUT2D eigenvalue weighted by atomic mass is 79.9. The monoisotopic (exact) mass is 478 g/mol. The summed E-state index contributed by atoms with van der Waals surface area (Å²) in [7, 11) is 0. The van der Waals surface area contributed by atoms with Crippen molar-refractivity contribution in [3.05, 3.63) is 55.0 Å². The summed E-state index contributed by atoms with van der Waals surface area (Å²) in [6.07, 6.45) is 0. The first kappa shape index (κ1) is 22.9. The minimum Gasteiger partial charge on any atom is -0.370 e. The summed E-state index contributed by atoms with van der Waals surface area (Å²) in [5.74, 6) is -0.258. The Balaban J connectivity index is 2.50. The quantitative estimate of drug-likeness (QED) is 0.301. The second kappa shape index (κ2) is 9.87. The molecule has 0 saturated heterocycles. The predicted octanol–water partition coefficient (Wildman–Crippen LogP) is 5.49. The highest BCUT2D eigenvalue weighted by Gasteiger charge is 2.23. The summed E-state index contributed by atoms with van der Waals surface area (Å²) in [5, 5.41) is 33.0. The number of nitro groups is 2. The first-order valence-corrected chi connectivity index (χ1v) is 9.67. The van der Waals surface area contributed by atoms with Crippen LogP contribution in [0.5, 0.6) is 0 Å². The smallest absolute Gasteiger partial charge is 0.304 e. The van der Waals surface area contributed by atoms with Crippen molar-refractivity contribution in [2.45, 2.75) is 20.8 Å². The van der Waals surface area contributed by atoms with Gasteiger partial charge in [-0.15, -0.1) is 5.11 Å². The van der Waals surface area contributed by atoms with Crippen LogP contribution >= 0.6 is 15.9 Å². The second-order valence-electron chi connectivity index (χ2n) is 6.06. The van der Waals surface area contributed by atoms with Gasteiger partial charge in [0.05, 0.1) is 37.4 Å². The van der Waals surface area contributed by atoms with Gasteiger partial charge < -0.3 is 10.2 Å². The molecule has 2 aromatic carbocycles. The van der Waals surface area contributed by atoms with Crippen LogP contribution in [-0.4, -0.2) is 28.8 Å². The molecule has 0 aliphatic rings. The van der Waals surface area contributed by atoms with E-state index < -0.39 is 21.2 Å². The first-order valence-electron chi connectivity index (χ1n) is 8.88. The fourth-order valence-electron chi connectivity index (χ4n) is 2.74. The standard InChI is InChI=1S/C18H19BrN6O5/c1-4-23(5-2)16-7-6-12(8-15(16)20-11(3)26)21-22-18-14(19)9-13(24(27)28)10-17(18)25(29)30/h6-10H,4-5H2,1-3H3,(H,20,26). The Kier molecular flexibility index (Phi) is 7.53. The molecule has 0 heterocycles. The number of carbonyl (C=O) groups excluding carboxylic acids is 1. The number of anilines is 2. The van der Waals surface area contributed by atoms with E-state index in [4.69, 9.17) is 0 Å². The molecule has 0 aliphatic heterocycles. The second-order valence-corrected chi connectivity index (χ2v) is 6.92. The maximum Gasteiger partial charge on any atom is 0.304 e. The normalized spacial score (nSPS) is 10.8. The molecule has 0 bridgehead atoms. The van der Waals surface area contributed by atoms with Gasteiger partial charge in [-0.1, -0.05) is 0 Å². The van der Waals surface area contributed by atoms with Crippen LogP contribution in [0.1, 0.15) is 20.8 Å².